The maximum absolute atomic E-state index is 14.2. The predicted octanol–water partition coefficient (Wildman–Crippen LogP) is 3.77. The lowest BCUT2D eigenvalue weighted by molar-refractivity contribution is 0.0935. The molecule has 0 radical (unpaired) electrons. The molecule has 1 fully saturated rings. The Bertz CT molecular complexity index is 1070. The summed E-state index contributed by atoms with van der Waals surface area (Å²) in [5.74, 6) is -1.32. The minimum atomic E-state index is -0.740. The Hall–Kier alpha value is -2.65. The van der Waals surface area contributed by atoms with Crippen molar-refractivity contribution >= 4 is 17.2 Å². The van der Waals surface area contributed by atoms with Gasteiger partial charge in [0.2, 0.25) is 0 Å². The smallest absolute Gasteiger partial charge is 0.255 e. The molecule has 164 valence electrons. The van der Waals surface area contributed by atoms with E-state index in [4.69, 9.17) is 0 Å². The average molecular weight is 446 g/mol. The van der Waals surface area contributed by atoms with Crippen LogP contribution in [0.1, 0.15) is 33.9 Å². The van der Waals surface area contributed by atoms with Crippen molar-refractivity contribution in [3.05, 3.63) is 57.7 Å². The maximum Gasteiger partial charge on any atom is 0.255 e. The van der Waals surface area contributed by atoms with Crippen molar-refractivity contribution in [1.82, 2.24) is 25.0 Å². The van der Waals surface area contributed by atoms with Gasteiger partial charge < -0.3 is 5.32 Å². The number of amides is 1. The molecule has 9 heteroatoms. The lowest BCUT2D eigenvalue weighted by Gasteiger charge is -2.31. The third kappa shape index (κ3) is 5.16. The third-order valence-electron chi connectivity index (χ3n) is 5.57. The normalized spacial score (nSPS) is 15.4. The predicted molar refractivity (Wildman–Crippen MR) is 116 cm³/mol. The lowest BCUT2D eigenvalue weighted by Crippen LogP contribution is -2.38. The van der Waals surface area contributed by atoms with Crippen LogP contribution < -0.4 is 5.32 Å². The summed E-state index contributed by atoms with van der Waals surface area (Å²) in [6.07, 6.45) is 3.55. The number of hydrogen-bond donors (Lipinski definition) is 1. The van der Waals surface area contributed by atoms with E-state index in [9.17, 15) is 13.6 Å². The van der Waals surface area contributed by atoms with Gasteiger partial charge in [-0.2, -0.15) is 5.10 Å². The number of aromatic nitrogens is 3. The van der Waals surface area contributed by atoms with E-state index < -0.39 is 11.6 Å². The molecular weight excluding hydrogens is 420 g/mol. The number of benzene rings is 1. The van der Waals surface area contributed by atoms with Crippen LogP contribution in [0.15, 0.2) is 29.8 Å². The highest BCUT2D eigenvalue weighted by Gasteiger charge is 2.23. The molecule has 1 amide bonds. The van der Waals surface area contributed by atoms with Crippen LogP contribution in [0.5, 0.6) is 0 Å². The first-order chi connectivity index (χ1) is 14.9. The van der Waals surface area contributed by atoms with E-state index in [0.717, 1.165) is 55.3 Å². The lowest BCUT2D eigenvalue weighted by atomic mass is 9.96. The molecule has 0 bridgehead atoms. The van der Waals surface area contributed by atoms with E-state index in [0.29, 0.717) is 12.5 Å². The fourth-order valence-electron chi connectivity index (χ4n) is 3.93. The summed E-state index contributed by atoms with van der Waals surface area (Å²) in [7, 11) is 1.67. The summed E-state index contributed by atoms with van der Waals surface area (Å²) in [4.78, 5) is 19.7. The molecule has 0 saturated carbocycles. The van der Waals surface area contributed by atoms with Crippen LogP contribution in [0.2, 0.25) is 0 Å². The first-order valence-electron chi connectivity index (χ1n) is 10.3. The molecular formula is C22H25F2N5OS. The zero-order valence-corrected chi connectivity index (χ0v) is 18.4. The molecule has 3 heterocycles. The number of carbonyl (C=O) groups excluding carboxylic acids is 1. The Morgan fingerprint density at radius 2 is 2.06 bits per heavy atom. The standard InChI is InChI=1S/C22H25F2N5OS/c1-14-26-17(13-31-14)11-29-7-5-15(6-8-29)10-25-22(30)19-12-28(2)27-21(19)18-4-3-16(23)9-20(18)24/h3-4,9,12-13,15H,5-8,10-11H2,1-2H3,(H,25,30). The second-order valence-electron chi connectivity index (χ2n) is 7.98. The molecule has 0 aliphatic carbocycles. The molecule has 0 spiro atoms. The van der Waals surface area contributed by atoms with Crippen LogP contribution >= 0.6 is 11.3 Å². The van der Waals surface area contributed by atoms with Gasteiger partial charge in [-0.1, -0.05) is 0 Å². The van der Waals surface area contributed by atoms with Crippen molar-refractivity contribution in [2.45, 2.75) is 26.3 Å². The van der Waals surface area contributed by atoms with Crippen LogP contribution in [0.25, 0.3) is 11.3 Å². The van der Waals surface area contributed by atoms with Crippen molar-refractivity contribution in [3.63, 3.8) is 0 Å². The van der Waals surface area contributed by atoms with Gasteiger partial charge in [0.15, 0.2) is 0 Å². The number of hydrogen-bond acceptors (Lipinski definition) is 5. The van der Waals surface area contributed by atoms with Crippen LogP contribution in [-0.4, -0.2) is 45.2 Å². The largest absolute Gasteiger partial charge is 0.352 e. The topological polar surface area (TPSA) is 63.1 Å². The van der Waals surface area contributed by atoms with Gasteiger partial charge in [-0.15, -0.1) is 11.3 Å². The Kier molecular flexibility index (Phi) is 6.43. The summed E-state index contributed by atoms with van der Waals surface area (Å²) in [5.41, 5.74) is 1.72. The molecule has 3 aromatic rings. The van der Waals surface area contributed by atoms with Gasteiger partial charge in [-0.05, 0) is 50.9 Å². The van der Waals surface area contributed by atoms with E-state index in [2.05, 4.69) is 25.7 Å². The van der Waals surface area contributed by atoms with Crippen LogP contribution in [0.4, 0.5) is 8.78 Å². The van der Waals surface area contributed by atoms with E-state index in [1.165, 1.54) is 10.7 Å². The fourth-order valence-corrected chi connectivity index (χ4v) is 4.53. The number of carbonyl (C=O) groups is 1. The number of thiazole rings is 1. The fraction of sp³-hybridized carbons (Fsp3) is 0.409. The zero-order chi connectivity index (χ0) is 22.0. The molecule has 4 rings (SSSR count). The first-order valence-corrected chi connectivity index (χ1v) is 11.2. The Morgan fingerprint density at radius 1 is 1.29 bits per heavy atom. The van der Waals surface area contributed by atoms with Gasteiger partial charge in [0.1, 0.15) is 17.3 Å². The molecule has 0 atom stereocenters. The maximum atomic E-state index is 14.2. The molecule has 1 N–H and O–H groups in total. The van der Waals surface area contributed by atoms with Crippen LogP contribution in [0.3, 0.4) is 0 Å². The quantitative estimate of drug-likeness (QED) is 0.627. The molecule has 2 aromatic heterocycles. The van der Waals surface area contributed by atoms with Gasteiger partial charge in [0.05, 0.1) is 16.3 Å². The van der Waals surface area contributed by atoms with E-state index in [1.54, 1.807) is 24.6 Å². The monoisotopic (exact) mass is 445 g/mol. The number of nitrogens with zero attached hydrogens (tertiary/aromatic N) is 4. The van der Waals surface area contributed by atoms with Crippen molar-refractivity contribution in [1.29, 1.82) is 0 Å². The Balaban J connectivity index is 1.34. The van der Waals surface area contributed by atoms with Crippen molar-refractivity contribution in [2.75, 3.05) is 19.6 Å². The van der Waals surface area contributed by atoms with Crippen molar-refractivity contribution < 1.29 is 13.6 Å². The molecule has 1 saturated heterocycles. The molecule has 6 nitrogen and oxygen atoms in total. The van der Waals surface area contributed by atoms with Crippen LogP contribution in [0, 0.1) is 24.5 Å². The summed E-state index contributed by atoms with van der Waals surface area (Å²) < 4.78 is 28.9. The molecule has 1 aromatic carbocycles. The number of halogens is 2. The van der Waals surface area contributed by atoms with Crippen molar-refractivity contribution in [2.24, 2.45) is 13.0 Å². The van der Waals surface area contributed by atoms with Gasteiger partial charge in [0.25, 0.3) is 5.91 Å². The molecule has 0 unspecified atom stereocenters. The zero-order valence-electron chi connectivity index (χ0n) is 17.6. The summed E-state index contributed by atoms with van der Waals surface area (Å²) >= 11 is 1.67. The number of rotatable bonds is 6. The number of piperidine rings is 1. The number of aryl methyl sites for hydroxylation is 2. The molecule has 1 aliphatic heterocycles. The highest BCUT2D eigenvalue weighted by molar-refractivity contribution is 7.09. The van der Waals surface area contributed by atoms with E-state index >= 15 is 0 Å². The Labute approximate surface area is 183 Å². The highest BCUT2D eigenvalue weighted by Crippen LogP contribution is 2.26. The van der Waals surface area contributed by atoms with Gasteiger partial charge >= 0.3 is 0 Å². The van der Waals surface area contributed by atoms with Gasteiger partial charge in [-0.3, -0.25) is 14.4 Å². The van der Waals surface area contributed by atoms with Crippen molar-refractivity contribution in [3.8, 4) is 11.3 Å². The van der Waals surface area contributed by atoms with Crippen LogP contribution in [-0.2, 0) is 13.6 Å². The van der Waals surface area contributed by atoms with Gasteiger partial charge in [0, 0.05) is 43.3 Å². The highest BCUT2D eigenvalue weighted by atomic mass is 32.1. The van der Waals surface area contributed by atoms with Gasteiger partial charge in [-0.25, -0.2) is 13.8 Å². The van der Waals surface area contributed by atoms with E-state index in [1.807, 2.05) is 6.92 Å². The van der Waals surface area contributed by atoms with E-state index in [-0.39, 0.29) is 22.7 Å². The first kappa shape index (κ1) is 21.6. The number of likely N-dealkylation sites (tertiary alicyclic amines) is 1. The second kappa shape index (κ2) is 9.23. The average Bonchev–Trinajstić information content (AvgIpc) is 3.32. The second-order valence-corrected chi connectivity index (χ2v) is 9.04. The minimum Gasteiger partial charge on any atom is -0.352 e. The molecule has 31 heavy (non-hydrogen) atoms. The summed E-state index contributed by atoms with van der Waals surface area (Å²) in [5, 5.41) is 10.4. The minimum absolute atomic E-state index is 0.109. The molecule has 1 aliphatic rings. The third-order valence-corrected chi connectivity index (χ3v) is 6.39. The number of nitrogens with one attached hydrogen (secondary N) is 1. The SMILES string of the molecule is Cc1nc(CN2CCC(CNC(=O)c3cn(C)nc3-c3ccc(F)cc3F)CC2)cs1. The Morgan fingerprint density at radius 3 is 2.74 bits per heavy atom. The summed E-state index contributed by atoms with van der Waals surface area (Å²) in [6, 6.07) is 3.27. The summed E-state index contributed by atoms with van der Waals surface area (Å²) in [6.45, 7) is 5.38.